The van der Waals surface area contributed by atoms with Crippen molar-refractivity contribution in [3.63, 3.8) is 0 Å². The van der Waals surface area contributed by atoms with Crippen molar-refractivity contribution in [2.24, 2.45) is 0 Å². The summed E-state index contributed by atoms with van der Waals surface area (Å²) in [5.74, 6) is 0. The molecule has 2 aromatic heterocycles. The van der Waals surface area contributed by atoms with Gasteiger partial charge in [-0.1, -0.05) is 51.8 Å². The second kappa shape index (κ2) is 6.08. The van der Waals surface area contributed by atoms with Gasteiger partial charge in [-0.3, -0.25) is 0 Å². The van der Waals surface area contributed by atoms with Gasteiger partial charge in [0.2, 0.25) is 0 Å². The smallest absolute Gasteiger partial charge is 0.160 e. The summed E-state index contributed by atoms with van der Waals surface area (Å²) in [6, 6.07) is 22.2. The van der Waals surface area contributed by atoms with E-state index < -0.39 is 0 Å². The Morgan fingerprint density at radius 1 is 0.885 bits per heavy atom. The largest absolute Gasteiger partial charge is 0.319 e. The van der Waals surface area contributed by atoms with Gasteiger partial charge < -0.3 is 4.57 Å². The zero-order valence-corrected chi connectivity index (χ0v) is 16.0. The maximum Gasteiger partial charge on any atom is 0.160 e. The fraction of sp³-hybridized carbons (Fsp3) is 0.0476. The van der Waals surface area contributed by atoms with E-state index in [1.54, 1.807) is 0 Å². The molecular weight excluding hydrogens is 410 g/mol. The van der Waals surface area contributed by atoms with Gasteiger partial charge in [0.15, 0.2) is 5.65 Å². The monoisotopic (exact) mass is 421 g/mol. The Bertz CT molecular complexity index is 1280. The van der Waals surface area contributed by atoms with Crippen LogP contribution in [0.2, 0.25) is 5.02 Å². The Balaban J connectivity index is 1.83. The zero-order valence-electron chi connectivity index (χ0n) is 13.7. The van der Waals surface area contributed by atoms with Crippen molar-refractivity contribution in [2.45, 2.75) is 6.54 Å². The normalized spacial score (nSPS) is 11.6. The standard InChI is InChI=1S/C21H13BrClN3/c22-14-7-10-19-16(11-14)20-21(25-18-4-2-1-3-17(18)24-20)26(19)12-13-5-8-15(23)9-6-13/h1-11H,12H2. The minimum Gasteiger partial charge on any atom is -0.319 e. The lowest BCUT2D eigenvalue weighted by atomic mass is 10.2. The molecule has 0 atom stereocenters. The number of halogens is 2. The molecule has 2 heterocycles. The van der Waals surface area contributed by atoms with Crippen LogP contribution in [0, 0.1) is 0 Å². The highest BCUT2D eigenvalue weighted by atomic mass is 79.9. The maximum atomic E-state index is 6.03. The molecule has 0 aliphatic carbocycles. The lowest BCUT2D eigenvalue weighted by molar-refractivity contribution is 0.857. The summed E-state index contributed by atoms with van der Waals surface area (Å²) in [5.41, 5.74) is 5.92. The molecule has 126 valence electrons. The molecule has 0 radical (unpaired) electrons. The molecule has 0 saturated heterocycles. The molecule has 0 aliphatic heterocycles. The minimum atomic E-state index is 0.714. The van der Waals surface area contributed by atoms with Crippen LogP contribution in [0.1, 0.15) is 5.56 Å². The van der Waals surface area contributed by atoms with Crippen LogP contribution in [0.4, 0.5) is 0 Å². The fourth-order valence-corrected chi connectivity index (χ4v) is 3.83. The SMILES string of the molecule is Clc1ccc(Cn2c3ccc(Br)cc3c3nc4ccccc4nc32)cc1. The summed E-state index contributed by atoms with van der Waals surface area (Å²) >= 11 is 9.61. The maximum absolute atomic E-state index is 6.03. The van der Waals surface area contributed by atoms with Gasteiger partial charge in [0.1, 0.15) is 5.52 Å². The number of hydrogen-bond acceptors (Lipinski definition) is 2. The molecule has 0 N–H and O–H groups in total. The van der Waals surface area contributed by atoms with Crippen molar-refractivity contribution >= 4 is 60.6 Å². The summed E-state index contributed by atoms with van der Waals surface area (Å²) in [4.78, 5) is 9.82. The highest BCUT2D eigenvalue weighted by Crippen LogP contribution is 2.31. The molecule has 5 rings (SSSR count). The summed E-state index contributed by atoms with van der Waals surface area (Å²) in [7, 11) is 0. The third kappa shape index (κ3) is 2.57. The summed E-state index contributed by atoms with van der Waals surface area (Å²) in [6.07, 6.45) is 0. The molecule has 5 heteroatoms. The van der Waals surface area contributed by atoms with Crippen LogP contribution in [-0.4, -0.2) is 14.5 Å². The van der Waals surface area contributed by atoms with E-state index in [1.165, 1.54) is 5.56 Å². The number of fused-ring (bicyclic) bond motifs is 4. The number of hydrogen-bond donors (Lipinski definition) is 0. The highest BCUT2D eigenvalue weighted by molar-refractivity contribution is 9.10. The van der Waals surface area contributed by atoms with Crippen molar-refractivity contribution in [1.82, 2.24) is 14.5 Å². The molecule has 3 aromatic carbocycles. The first-order valence-corrected chi connectivity index (χ1v) is 9.45. The first kappa shape index (κ1) is 15.8. The average molecular weight is 423 g/mol. The molecule has 0 saturated carbocycles. The van der Waals surface area contributed by atoms with E-state index in [4.69, 9.17) is 21.6 Å². The minimum absolute atomic E-state index is 0.714. The molecule has 0 amide bonds. The van der Waals surface area contributed by atoms with Crippen molar-refractivity contribution in [3.05, 3.63) is 81.8 Å². The lowest BCUT2D eigenvalue weighted by Gasteiger charge is -2.07. The third-order valence-corrected chi connectivity index (χ3v) is 5.31. The predicted octanol–water partition coefficient (Wildman–Crippen LogP) is 6.20. The van der Waals surface area contributed by atoms with Crippen LogP contribution in [0.25, 0.3) is 33.1 Å². The van der Waals surface area contributed by atoms with Gasteiger partial charge in [0, 0.05) is 21.4 Å². The van der Waals surface area contributed by atoms with Crippen molar-refractivity contribution in [1.29, 1.82) is 0 Å². The fourth-order valence-electron chi connectivity index (χ4n) is 3.34. The second-order valence-corrected chi connectivity index (χ2v) is 7.61. The number of para-hydroxylation sites is 2. The van der Waals surface area contributed by atoms with Gasteiger partial charge in [0.05, 0.1) is 16.6 Å². The van der Waals surface area contributed by atoms with Gasteiger partial charge in [-0.25, -0.2) is 9.97 Å². The van der Waals surface area contributed by atoms with E-state index in [-0.39, 0.29) is 0 Å². The van der Waals surface area contributed by atoms with Gasteiger partial charge in [0.25, 0.3) is 0 Å². The average Bonchev–Trinajstić information content (AvgIpc) is 2.94. The van der Waals surface area contributed by atoms with Crippen molar-refractivity contribution in [3.8, 4) is 0 Å². The quantitative estimate of drug-likeness (QED) is 0.339. The van der Waals surface area contributed by atoms with Crippen LogP contribution < -0.4 is 0 Å². The van der Waals surface area contributed by atoms with Crippen LogP contribution in [0.3, 0.4) is 0 Å². The molecule has 0 unspecified atom stereocenters. The molecule has 0 aliphatic rings. The number of aromatic nitrogens is 3. The summed E-state index contributed by atoms with van der Waals surface area (Å²) in [5, 5.41) is 1.84. The van der Waals surface area contributed by atoms with E-state index in [0.29, 0.717) is 6.54 Å². The second-order valence-electron chi connectivity index (χ2n) is 6.26. The molecule has 0 fully saturated rings. The Morgan fingerprint density at radius 3 is 2.38 bits per heavy atom. The first-order valence-electron chi connectivity index (χ1n) is 8.28. The Hall–Kier alpha value is -2.43. The topological polar surface area (TPSA) is 30.7 Å². The van der Waals surface area contributed by atoms with Crippen LogP contribution in [-0.2, 0) is 6.54 Å². The Labute approximate surface area is 163 Å². The Kier molecular flexibility index (Phi) is 3.69. The Morgan fingerprint density at radius 2 is 1.62 bits per heavy atom. The van der Waals surface area contributed by atoms with E-state index >= 15 is 0 Å². The predicted molar refractivity (Wildman–Crippen MR) is 111 cm³/mol. The van der Waals surface area contributed by atoms with Crippen molar-refractivity contribution in [2.75, 3.05) is 0 Å². The van der Waals surface area contributed by atoms with Gasteiger partial charge in [-0.2, -0.15) is 0 Å². The summed E-state index contributed by atoms with van der Waals surface area (Å²) < 4.78 is 3.25. The number of rotatable bonds is 2. The molecule has 0 spiro atoms. The molecular formula is C21H13BrClN3. The summed E-state index contributed by atoms with van der Waals surface area (Å²) in [6.45, 7) is 0.714. The van der Waals surface area contributed by atoms with E-state index in [2.05, 4.69) is 38.7 Å². The number of nitrogens with zero attached hydrogens (tertiary/aromatic N) is 3. The van der Waals surface area contributed by atoms with Gasteiger partial charge >= 0.3 is 0 Å². The van der Waals surface area contributed by atoms with Crippen LogP contribution in [0.15, 0.2) is 71.2 Å². The van der Waals surface area contributed by atoms with Crippen LogP contribution >= 0.6 is 27.5 Å². The van der Waals surface area contributed by atoms with E-state index in [0.717, 1.165) is 42.6 Å². The molecule has 5 aromatic rings. The highest BCUT2D eigenvalue weighted by Gasteiger charge is 2.15. The molecule has 26 heavy (non-hydrogen) atoms. The lowest BCUT2D eigenvalue weighted by Crippen LogP contribution is -2.01. The van der Waals surface area contributed by atoms with E-state index in [9.17, 15) is 0 Å². The van der Waals surface area contributed by atoms with Crippen LogP contribution in [0.5, 0.6) is 0 Å². The van der Waals surface area contributed by atoms with Gasteiger partial charge in [-0.05, 0) is 48.0 Å². The number of benzene rings is 3. The van der Waals surface area contributed by atoms with Crippen molar-refractivity contribution < 1.29 is 0 Å². The van der Waals surface area contributed by atoms with Gasteiger partial charge in [-0.15, -0.1) is 0 Å². The van der Waals surface area contributed by atoms with E-state index in [1.807, 2.05) is 48.5 Å². The first-order chi connectivity index (χ1) is 12.7. The third-order valence-electron chi connectivity index (χ3n) is 4.57. The zero-order chi connectivity index (χ0) is 17.7. The molecule has 0 bridgehead atoms. The molecule has 3 nitrogen and oxygen atoms in total.